The summed E-state index contributed by atoms with van der Waals surface area (Å²) in [5, 5.41) is 0. The summed E-state index contributed by atoms with van der Waals surface area (Å²) in [7, 11) is 2.22. The maximum atomic E-state index is 6.31. The Labute approximate surface area is 81.5 Å². The fourth-order valence-electron chi connectivity index (χ4n) is 3.11. The van der Waals surface area contributed by atoms with Gasteiger partial charge in [0, 0.05) is 6.04 Å². The lowest BCUT2D eigenvalue weighted by Gasteiger charge is -2.41. The van der Waals surface area contributed by atoms with E-state index in [0.717, 1.165) is 5.92 Å². The number of hydrogen-bond donors (Lipinski definition) is 1. The quantitative estimate of drug-likeness (QED) is 0.614. The van der Waals surface area contributed by atoms with Gasteiger partial charge in [0.2, 0.25) is 0 Å². The molecule has 0 bridgehead atoms. The van der Waals surface area contributed by atoms with Gasteiger partial charge in [0.1, 0.15) is 0 Å². The molecule has 0 radical (unpaired) electrons. The lowest BCUT2D eigenvalue weighted by atomic mass is 9.73. The molecule has 1 heterocycles. The minimum absolute atomic E-state index is 0.473. The Morgan fingerprint density at radius 2 is 1.85 bits per heavy atom. The van der Waals surface area contributed by atoms with Crippen molar-refractivity contribution in [3.8, 4) is 0 Å². The van der Waals surface area contributed by atoms with Gasteiger partial charge in [-0.3, -0.25) is 0 Å². The highest BCUT2D eigenvalue weighted by Gasteiger charge is 2.45. The van der Waals surface area contributed by atoms with Crippen molar-refractivity contribution in [1.82, 2.24) is 4.90 Å². The average molecular weight is 182 g/mol. The first-order chi connectivity index (χ1) is 6.14. The molecule has 1 aliphatic heterocycles. The standard InChI is InChI=1S/C11H22N2/c1-9-3-4-11(10(9)12)5-7-13(2)8-6-11/h9-10H,3-8,12H2,1-2H3. The number of hydrogen-bond acceptors (Lipinski definition) is 2. The van der Waals surface area contributed by atoms with Crippen LogP contribution in [0.3, 0.4) is 0 Å². The van der Waals surface area contributed by atoms with E-state index in [9.17, 15) is 0 Å². The molecule has 1 aliphatic carbocycles. The molecule has 0 aromatic heterocycles. The van der Waals surface area contributed by atoms with Gasteiger partial charge < -0.3 is 10.6 Å². The second kappa shape index (κ2) is 3.25. The maximum Gasteiger partial charge on any atom is 0.0122 e. The van der Waals surface area contributed by atoms with Crippen molar-refractivity contribution in [1.29, 1.82) is 0 Å². The van der Waals surface area contributed by atoms with Crippen molar-refractivity contribution in [2.75, 3.05) is 20.1 Å². The molecule has 2 aliphatic rings. The third-order valence-electron chi connectivity index (χ3n) is 4.40. The lowest BCUT2D eigenvalue weighted by molar-refractivity contribution is 0.106. The molecule has 2 rings (SSSR count). The zero-order chi connectivity index (χ0) is 9.47. The highest BCUT2D eigenvalue weighted by Crippen LogP contribution is 2.47. The van der Waals surface area contributed by atoms with Gasteiger partial charge in [-0.2, -0.15) is 0 Å². The first-order valence-electron chi connectivity index (χ1n) is 5.58. The molecular formula is C11H22N2. The number of nitrogens with two attached hydrogens (primary N) is 1. The van der Waals surface area contributed by atoms with Gasteiger partial charge in [-0.15, -0.1) is 0 Å². The van der Waals surface area contributed by atoms with Crippen LogP contribution in [-0.4, -0.2) is 31.1 Å². The zero-order valence-electron chi connectivity index (χ0n) is 8.92. The van der Waals surface area contributed by atoms with Crippen molar-refractivity contribution < 1.29 is 0 Å². The van der Waals surface area contributed by atoms with E-state index >= 15 is 0 Å². The van der Waals surface area contributed by atoms with Crippen LogP contribution in [0.5, 0.6) is 0 Å². The third-order valence-corrected chi connectivity index (χ3v) is 4.40. The van der Waals surface area contributed by atoms with Gasteiger partial charge in [0.15, 0.2) is 0 Å². The van der Waals surface area contributed by atoms with Gasteiger partial charge in [0.05, 0.1) is 0 Å². The largest absolute Gasteiger partial charge is 0.327 e. The molecule has 1 saturated carbocycles. The van der Waals surface area contributed by atoms with Crippen LogP contribution in [0.1, 0.15) is 32.6 Å². The number of nitrogens with zero attached hydrogens (tertiary/aromatic N) is 1. The first-order valence-corrected chi connectivity index (χ1v) is 5.58. The van der Waals surface area contributed by atoms with Crippen LogP contribution in [0.15, 0.2) is 0 Å². The number of piperidine rings is 1. The van der Waals surface area contributed by atoms with Crippen LogP contribution in [-0.2, 0) is 0 Å². The van der Waals surface area contributed by atoms with Crippen molar-refractivity contribution in [2.24, 2.45) is 17.1 Å². The molecule has 2 heteroatoms. The average Bonchev–Trinajstić information content (AvgIpc) is 2.40. The SMILES string of the molecule is CC1CCC2(CCN(C)CC2)C1N. The second-order valence-electron chi connectivity index (χ2n) is 5.21. The van der Waals surface area contributed by atoms with Gasteiger partial charge in [-0.25, -0.2) is 0 Å². The minimum atomic E-state index is 0.473. The van der Waals surface area contributed by atoms with Crippen molar-refractivity contribution in [3.63, 3.8) is 0 Å². The van der Waals surface area contributed by atoms with Gasteiger partial charge in [0.25, 0.3) is 0 Å². The van der Waals surface area contributed by atoms with Crippen LogP contribution < -0.4 is 5.73 Å². The highest BCUT2D eigenvalue weighted by atomic mass is 15.1. The predicted molar refractivity (Wildman–Crippen MR) is 55.5 cm³/mol. The molecule has 0 aromatic rings. The molecule has 1 saturated heterocycles. The van der Waals surface area contributed by atoms with E-state index in [0.29, 0.717) is 11.5 Å². The molecule has 0 amide bonds. The summed E-state index contributed by atoms with van der Waals surface area (Å²) in [6.45, 7) is 4.82. The molecule has 1 spiro atoms. The van der Waals surface area contributed by atoms with E-state index in [1.165, 1.54) is 38.8 Å². The Balaban J connectivity index is 2.05. The maximum absolute atomic E-state index is 6.31. The number of likely N-dealkylation sites (tertiary alicyclic amines) is 1. The Bertz CT molecular complexity index is 183. The molecule has 0 aromatic carbocycles. The van der Waals surface area contributed by atoms with E-state index in [1.54, 1.807) is 0 Å². The van der Waals surface area contributed by atoms with Gasteiger partial charge in [-0.1, -0.05) is 6.92 Å². The minimum Gasteiger partial charge on any atom is -0.327 e. The van der Waals surface area contributed by atoms with Crippen LogP contribution in [0.25, 0.3) is 0 Å². The summed E-state index contributed by atoms with van der Waals surface area (Å²) in [4.78, 5) is 2.43. The monoisotopic (exact) mass is 182 g/mol. The molecule has 2 nitrogen and oxygen atoms in total. The van der Waals surface area contributed by atoms with E-state index in [1.807, 2.05) is 0 Å². The lowest BCUT2D eigenvalue weighted by Crippen LogP contribution is -2.47. The summed E-state index contributed by atoms with van der Waals surface area (Å²) in [5.74, 6) is 0.753. The molecule has 76 valence electrons. The second-order valence-corrected chi connectivity index (χ2v) is 5.21. The summed E-state index contributed by atoms with van der Waals surface area (Å²) in [6, 6.07) is 0.473. The smallest absolute Gasteiger partial charge is 0.0122 e. The summed E-state index contributed by atoms with van der Waals surface area (Å²) >= 11 is 0. The highest BCUT2D eigenvalue weighted by molar-refractivity contribution is 5.00. The molecular weight excluding hydrogens is 160 g/mol. The summed E-state index contributed by atoms with van der Waals surface area (Å²) in [5.41, 5.74) is 6.83. The Hall–Kier alpha value is -0.0800. The van der Waals surface area contributed by atoms with Gasteiger partial charge >= 0.3 is 0 Å². The van der Waals surface area contributed by atoms with E-state index < -0.39 is 0 Å². The Morgan fingerprint density at radius 3 is 2.31 bits per heavy atom. The summed E-state index contributed by atoms with van der Waals surface area (Å²) in [6.07, 6.45) is 5.39. The third kappa shape index (κ3) is 1.50. The molecule has 2 fully saturated rings. The van der Waals surface area contributed by atoms with E-state index in [4.69, 9.17) is 5.73 Å². The molecule has 2 unspecified atom stereocenters. The molecule has 2 atom stereocenters. The van der Waals surface area contributed by atoms with Crippen LogP contribution in [0, 0.1) is 11.3 Å². The topological polar surface area (TPSA) is 29.3 Å². The fourth-order valence-corrected chi connectivity index (χ4v) is 3.11. The first kappa shape index (κ1) is 9.47. The fraction of sp³-hybridized carbons (Fsp3) is 1.00. The Morgan fingerprint density at radius 1 is 1.23 bits per heavy atom. The molecule has 2 N–H and O–H groups in total. The normalized spacial score (nSPS) is 39.9. The summed E-state index contributed by atoms with van der Waals surface area (Å²) < 4.78 is 0. The van der Waals surface area contributed by atoms with Crippen molar-refractivity contribution >= 4 is 0 Å². The zero-order valence-corrected chi connectivity index (χ0v) is 8.92. The predicted octanol–water partition coefficient (Wildman–Crippen LogP) is 1.46. The van der Waals surface area contributed by atoms with Gasteiger partial charge in [-0.05, 0) is 57.2 Å². The Kier molecular flexibility index (Phi) is 2.37. The van der Waals surface area contributed by atoms with Crippen LogP contribution in [0.4, 0.5) is 0 Å². The number of rotatable bonds is 0. The van der Waals surface area contributed by atoms with Crippen LogP contribution in [0.2, 0.25) is 0 Å². The van der Waals surface area contributed by atoms with E-state index in [2.05, 4.69) is 18.9 Å². The van der Waals surface area contributed by atoms with Crippen molar-refractivity contribution in [2.45, 2.75) is 38.6 Å². The van der Waals surface area contributed by atoms with E-state index in [-0.39, 0.29) is 0 Å². The van der Waals surface area contributed by atoms with Crippen molar-refractivity contribution in [3.05, 3.63) is 0 Å². The molecule has 13 heavy (non-hydrogen) atoms. The van der Waals surface area contributed by atoms with Crippen LogP contribution >= 0.6 is 0 Å².